The smallest absolute Gasteiger partial charge is 0.0590 e. The van der Waals surface area contributed by atoms with Crippen LogP contribution in [0.15, 0.2) is 0 Å². The van der Waals surface area contributed by atoms with Gasteiger partial charge in [-0.2, -0.15) is 0 Å². The fourth-order valence-electron chi connectivity index (χ4n) is 0. The summed E-state index contributed by atoms with van der Waals surface area (Å²) in [5.74, 6) is 0. The van der Waals surface area contributed by atoms with Crippen LogP contribution in [-0.4, -0.2) is 0 Å². The molecular weight excluding hydrogens is 348 g/mol. The summed E-state index contributed by atoms with van der Waals surface area (Å²) >= 11 is 0. The van der Waals surface area contributed by atoms with Crippen molar-refractivity contribution in [3.05, 3.63) is 0 Å². The Morgan fingerprint density at radius 3 is 0.207 bits per heavy atom. The molecular formula is C29H80. The molecule has 196 valence electrons. The maximum absolute atomic E-state index is 2.12. The van der Waals surface area contributed by atoms with E-state index in [-0.39, 0.29) is 7.43 Å². The zero-order valence-electron chi connectivity index (χ0n) is 25.7. The Morgan fingerprint density at radius 1 is 0.207 bits per heavy atom. The van der Waals surface area contributed by atoms with Gasteiger partial charge in [0.25, 0.3) is 0 Å². The van der Waals surface area contributed by atoms with Gasteiger partial charge in [-0.1, -0.05) is 197 Å². The molecule has 0 aliphatic rings. The molecule has 0 aliphatic heterocycles. The highest BCUT2D eigenvalue weighted by Gasteiger charge is 1.37. The predicted molar refractivity (Wildman–Crippen MR) is 157 cm³/mol. The van der Waals surface area contributed by atoms with Crippen LogP contribution in [-0.2, 0) is 0 Å². The van der Waals surface area contributed by atoms with Crippen LogP contribution in [0.25, 0.3) is 0 Å². The van der Waals surface area contributed by atoms with Crippen molar-refractivity contribution < 1.29 is 0 Å². The average molecular weight is 429 g/mol. The average Bonchev–Trinajstić information content (AvgIpc) is 2.63. The molecule has 0 N–H and O–H groups in total. The van der Waals surface area contributed by atoms with Crippen molar-refractivity contribution in [3.63, 3.8) is 0 Å². The van der Waals surface area contributed by atoms with Crippen LogP contribution in [0.4, 0.5) is 0 Å². The topological polar surface area (TPSA) is 0 Å². The van der Waals surface area contributed by atoms with E-state index in [1.165, 1.54) is 51.4 Å². The molecule has 0 nitrogen and oxygen atoms in total. The molecule has 0 aromatic heterocycles. The van der Waals surface area contributed by atoms with Gasteiger partial charge in [0.1, 0.15) is 0 Å². The Kier molecular flexibility index (Phi) is 772. The quantitative estimate of drug-likeness (QED) is 0.359. The van der Waals surface area contributed by atoms with E-state index in [0.29, 0.717) is 0 Å². The van der Waals surface area contributed by atoms with Gasteiger partial charge in [0.05, 0.1) is 0 Å². The maximum Gasteiger partial charge on any atom is -0.0590 e. The molecule has 0 bridgehead atoms. The van der Waals surface area contributed by atoms with Gasteiger partial charge in [0.2, 0.25) is 0 Å². The van der Waals surface area contributed by atoms with E-state index >= 15 is 0 Å². The lowest BCUT2D eigenvalue weighted by Crippen LogP contribution is -1.27. The summed E-state index contributed by atoms with van der Waals surface area (Å²) in [6.07, 6.45) is 10.0. The molecule has 0 fully saturated rings. The molecule has 0 radical (unpaired) electrons. The Morgan fingerprint density at radius 2 is 0.207 bits per heavy atom. The number of hydrogen-bond acceptors (Lipinski definition) is 0. The third-order valence-corrected chi connectivity index (χ3v) is 0. The summed E-state index contributed by atoms with van der Waals surface area (Å²) in [6.45, 7) is 42.0. The zero-order valence-corrected chi connectivity index (χ0v) is 25.7. The first-order valence-corrected chi connectivity index (χ1v) is 13.3. The highest BCUT2D eigenvalue weighted by Crippen LogP contribution is 1.58. The van der Waals surface area contributed by atoms with Crippen molar-refractivity contribution >= 4 is 0 Å². The van der Waals surface area contributed by atoms with E-state index in [2.05, 4.69) is 111 Å². The lowest BCUT2D eigenvalue weighted by atomic mass is 10.6. The fourth-order valence-corrected chi connectivity index (χ4v) is 0. The Balaban J connectivity index is -0.0000000138. The Labute approximate surface area is 197 Å². The summed E-state index contributed by atoms with van der Waals surface area (Å²) in [6, 6.07) is 0. The monoisotopic (exact) mass is 429 g/mol. The fraction of sp³-hybridized carbons (Fsp3) is 1.00. The molecule has 0 aromatic rings. The first-order valence-electron chi connectivity index (χ1n) is 13.3. The molecule has 29 heavy (non-hydrogen) atoms. The molecule has 0 saturated carbocycles. The largest absolute Gasteiger partial charge is 0.0776 e. The highest BCUT2D eigenvalue weighted by atomic mass is 13.4. The Bertz CT molecular complexity index is 24.0. The van der Waals surface area contributed by atoms with Gasteiger partial charge in [-0.25, -0.2) is 0 Å². The van der Waals surface area contributed by atoms with Crippen LogP contribution in [0.1, 0.15) is 197 Å². The van der Waals surface area contributed by atoms with Crippen LogP contribution in [0.2, 0.25) is 0 Å². The summed E-state index contributed by atoms with van der Waals surface area (Å²) in [7, 11) is 0. The minimum absolute atomic E-state index is 0. The summed E-state index contributed by atoms with van der Waals surface area (Å²) in [5, 5.41) is 0. The summed E-state index contributed by atoms with van der Waals surface area (Å²) in [5.41, 5.74) is 0. The normalized spacial score (nSPS) is 5.38. The maximum atomic E-state index is 2.12. The third-order valence-electron chi connectivity index (χ3n) is 0. The molecule has 0 aromatic carbocycles. The van der Waals surface area contributed by atoms with E-state index in [1.807, 2.05) is 27.7 Å². The van der Waals surface area contributed by atoms with Gasteiger partial charge < -0.3 is 0 Å². The highest BCUT2D eigenvalue weighted by molar-refractivity contribution is 3.94. The second-order valence-corrected chi connectivity index (χ2v) is 5.66. The molecule has 0 spiro atoms. The van der Waals surface area contributed by atoms with Crippen molar-refractivity contribution in [1.29, 1.82) is 0 Å². The molecule has 0 heteroatoms. The second kappa shape index (κ2) is 319. The van der Waals surface area contributed by atoms with Gasteiger partial charge in [-0.3, -0.25) is 0 Å². The molecule has 0 saturated heterocycles. The van der Waals surface area contributed by atoms with Crippen molar-refractivity contribution in [1.82, 2.24) is 0 Å². The summed E-state index contributed by atoms with van der Waals surface area (Å²) < 4.78 is 0. The van der Waals surface area contributed by atoms with Crippen molar-refractivity contribution in [3.8, 4) is 0 Å². The minimum Gasteiger partial charge on any atom is -0.0776 e. The van der Waals surface area contributed by atoms with Gasteiger partial charge in [-0.15, -0.1) is 0 Å². The molecule has 0 heterocycles. The van der Waals surface area contributed by atoms with E-state index in [1.54, 1.807) is 0 Å². The molecule has 0 aliphatic carbocycles. The van der Waals surface area contributed by atoms with Crippen LogP contribution in [0, 0.1) is 0 Å². The van der Waals surface area contributed by atoms with Gasteiger partial charge >= 0.3 is 0 Å². The SMILES string of the molecule is C.CC.CC.CCC.CCC.CCC.CCC.CCC.CCC.CCC.CCC. The minimum atomic E-state index is 0. The number of rotatable bonds is 0. The molecule has 0 amide bonds. The Hall–Kier alpha value is 0. The standard InChI is InChI=1S/8C3H8.2C2H6.CH4/c8*1-3-2;2*1-2;/h8*3H2,1-2H3;2*1-2H3;1H4. The van der Waals surface area contributed by atoms with Gasteiger partial charge in [0, 0.05) is 0 Å². The van der Waals surface area contributed by atoms with Crippen LogP contribution in [0.3, 0.4) is 0 Å². The third kappa shape index (κ3) is 0. The zero-order chi connectivity index (χ0) is 25.7. The van der Waals surface area contributed by atoms with Crippen LogP contribution >= 0.6 is 0 Å². The van der Waals surface area contributed by atoms with Crippen LogP contribution < -0.4 is 0 Å². The first kappa shape index (κ1) is 70.2. The van der Waals surface area contributed by atoms with E-state index < -0.39 is 0 Å². The lowest BCUT2D eigenvalue weighted by Gasteiger charge is -1.48. The van der Waals surface area contributed by atoms with Crippen molar-refractivity contribution in [2.24, 2.45) is 0 Å². The van der Waals surface area contributed by atoms with Gasteiger partial charge in [0.15, 0.2) is 0 Å². The lowest BCUT2D eigenvalue weighted by molar-refractivity contribution is 1.09. The first-order chi connectivity index (χ1) is 13.3. The van der Waals surface area contributed by atoms with E-state index in [9.17, 15) is 0 Å². The predicted octanol–water partition coefficient (Wildman–Crippen LogP) is 14.0. The second-order valence-electron chi connectivity index (χ2n) is 5.66. The van der Waals surface area contributed by atoms with E-state index in [0.717, 1.165) is 0 Å². The molecule has 0 atom stereocenters. The van der Waals surface area contributed by atoms with Crippen molar-refractivity contribution in [2.45, 2.75) is 197 Å². The van der Waals surface area contributed by atoms with Gasteiger partial charge in [-0.05, 0) is 0 Å². The van der Waals surface area contributed by atoms with Crippen molar-refractivity contribution in [2.75, 3.05) is 0 Å². The van der Waals surface area contributed by atoms with Crippen LogP contribution in [0.5, 0.6) is 0 Å². The molecule has 0 rings (SSSR count). The molecule has 0 unspecified atom stereocenters. The summed E-state index contributed by atoms with van der Waals surface area (Å²) in [4.78, 5) is 0. The number of hydrogen-bond donors (Lipinski definition) is 0. The van der Waals surface area contributed by atoms with E-state index in [4.69, 9.17) is 0 Å².